The van der Waals surface area contributed by atoms with E-state index in [4.69, 9.17) is 0 Å². The maximum Gasteiger partial charge on any atom is 0.471 e. The van der Waals surface area contributed by atoms with E-state index in [0.717, 1.165) is 7.11 Å². The van der Waals surface area contributed by atoms with Gasteiger partial charge in [0.1, 0.15) is 0 Å². The van der Waals surface area contributed by atoms with Crippen molar-refractivity contribution in [2.24, 2.45) is 5.90 Å². The highest BCUT2D eigenvalue weighted by molar-refractivity contribution is 5.87. The van der Waals surface area contributed by atoms with E-state index in [1.54, 1.807) is 0 Å². The Morgan fingerprint density at radius 1 is 1.47 bits per heavy atom. The lowest BCUT2D eigenvalue weighted by molar-refractivity contribution is -0.176. The van der Waals surface area contributed by atoms with Crippen LogP contribution in [-0.4, -0.2) is 37.8 Å². The minimum absolute atomic E-state index is 0.617. The summed E-state index contributed by atoms with van der Waals surface area (Å²) in [5.74, 6) is 1.21. The first-order valence-electron chi connectivity index (χ1n) is 3.60. The first-order valence-corrected chi connectivity index (χ1v) is 3.60. The number of hydrogen-bond acceptors (Lipinski definition) is 5. The van der Waals surface area contributed by atoms with E-state index in [2.05, 4.69) is 15.5 Å². The summed E-state index contributed by atoms with van der Waals surface area (Å²) in [4.78, 5) is 25.2. The Balaban J connectivity index is 4.42. The molecule has 0 aromatic rings. The average molecular weight is 230 g/mol. The highest BCUT2D eigenvalue weighted by Crippen LogP contribution is 2.14. The molecule has 0 heterocycles. The molecule has 1 amide bonds. The fourth-order valence-corrected chi connectivity index (χ4v) is 0.647. The fourth-order valence-electron chi connectivity index (χ4n) is 0.647. The van der Waals surface area contributed by atoms with Gasteiger partial charge in [-0.05, 0) is 0 Å². The summed E-state index contributed by atoms with van der Waals surface area (Å²) >= 11 is 0. The van der Waals surface area contributed by atoms with Crippen molar-refractivity contribution in [2.45, 2.75) is 12.2 Å². The van der Waals surface area contributed by atoms with Crippen LogP contribution in [0.25, 0.3) is 0 Å². The molecular formula is C6H9F3N2O4. The van der Waals surface area contributed by atoms with Gasteiger partial charge in [0, 0.05) is 0 Å². The first kappa shape index (κ1) is 13.7. The highest BCUT2D eigenvalue weighted by Gasteiger charge is 2.41. The number of rotatable bonds is 4. The number of nitrogens with one attached hydrogen (secondary N) is 1. The van der Waals surface area contributed by atoms with Crippen LogP contribution in [0.15, 0.2) is 0 Å². The molecule has 0 aliphatic heterocycles. The Morgan fingerprint density at radius 3 is 2.33 bits per heavy atom. The lowest BCUT2D eigenvalue weighted by Crippen LogP contribution is -2.49. The number of hydrogen-bond donors (Lipinski definition) is 2. The number of carbonyl (C=O) groups is 2. The standard InChI is InChI=1S/C6H9F3N2O4/c1-14-4(12)3(2-15-10)11-5(13)6(7,8)9/h3H,2,10H2,1H3,(H,11,13)/t3-/m1/s1. The molecule has 0 aliphatic rings. The zero-order valence-electron chi connectivity index (χ0n) is 7.63. The van der Waals surface area contributed by atoms with Gasteiger partial charge in [-0.2, -0.15) is 13.2 Å². The summed E-state index contributed by atoms with van der Waals surface area (Å²) in [5, 5.41) is 1.37. The third-order valence-corrected chi connectivity index (χ3v) is 1.31. The number of methoxy groups -OCH3 is 1. The van der Waals surface area contributed by atoms with Crippen LogP contribution in [0.1, 0.15) is 0 Å². The normalized spacial score (nSPS) is 13.1. The molecule has 0 saturated carbocycles. The van der Waals surface area contributed by atoms with Gasteiger partial charge in [0.05, 0.1) is 13.7 Å². The van der Waals surface area contributed by atoms with Crippen molar-refractivity contribution in [2.75, 3.05) is 13.7 Å². The number of esters is 1. The molecule has 3 N–H and O–H groups in total. The Morgan fingerprint density at radius 2 is 2.00 bits per heavy atom. The molecule has 1 atom stereocenters. The molecule has 0 spiro atoms. The number of amides is 1. The van der Waals surface area contributed by atoms with Gasteiger partial charge in [-0.25, -0.2) is 10.7 Å². The molecule has 0 aromatic carbocycles. The summed E-state index contributed by atoms with van der Waals surface area (Å²) in [5.41, 5.74) is 0. The minimum atomic E-state index is -5.08. The molecule has 9 heteroatoms. The van der Waals surface area contributed by atoms with Crippen LogP contribution in [0.4, 0.5) is 13.2 Å². The van der Waals surface area contributed by atoms with Gasteiger partial charge in [0.25, 0.3) is 0 Å². The summed E-state index contributed by atoms with van der Waals surface area (Å²) in [6.45, 7) is -0.617. The summed E-state index contributed by atoms with van der Waals surface area (Å²) < 4.78 is 39.5. The van der Waals surface area contributed by atoms with Crippen LogP contribution in [0.3, 0.4) is 0 Å². The van der Waals surface area contributed by atoms with Gasteiger partial charge in [0.2, 0.25) is 0 Å². The van der Waals surface area contributed by atoms with E-state index in [0.29, 0.717) is 0 Å². The van der Waals surface area contributed by atoms with Gasteiger partial charge >= 0.3 is 18.1 Å². The molecule has 88 valence electrons. The predicted molar refractivity (Wildman–Crippen MR) is 40.1 cm³/mol. The van der Waals surface area contributed by atoms with Crippen molar-refractivity contribution in [3.8, 4) is 0 Å². The van der Waals surface area contributed by atoms with Gasteiger partial charge in [-0.1, -0.05) is 0 Å². The monoisotopic (exact) mass is 230 g/mol. The van der Waals surface area contributed by atoms with E-state index in [1.165, 1.54) is 5.32 Å². The number of alkyl halides is 3. The molecule has 0 rings (SSSR count). The molecule has 0 bridgehead atoms. The lowest BCUT2D eigenvalue weighted by atomic mass is 10.3. The second kappa shape index (κ2) is 5.51. The van der Waals surface area contributed by atoms with E-state index < -0.39 is 30.7 Å². The van der Waals surface area contributed by atoms with Crippen LogP contribution in [-0.2, 0) is 19.2 Å². The third-order valence-electron chi connectivity index (χ3n) is 1.31. The molecule has 0 radical (unpaired) electrons. The van der Waals surface area contributed by atoms with E-state index >= 15 is 0 Å². The van der Waals surface area contributed by atoms with Gasteiger partial charge in [-0.3, -0.25) is 4.79 Å². The van der Waals surface area contributed by atoms with Gasteiger partial charge in [0.15, 0.2) is 6.04 Å². The third kappa shape index (κ3) is 4.61. The molecule has 0 saturated heterocycles. The number of carbonyl (C=O) groups excluding carboxylic acids is 2. The fraction of sp³-hybridized carbons (Fsp3) is 0.667. The van der Waals surface area contributed by atoms with E-state index in [-0.39, 0.29) is 0 Å². The second-order valence-electron chi connectivity index (χ2n) is 2.38. The Labute approximate surface area is 82.5 Å². The molecular weight excluding hydrogens is 221 g/mol. The molecule has 15 heavy (non-hydrogen) atoms. The highest BCUT2D eigenvalue weighted by atomic mass is 19.4. The Bertz CT molecular complexity index is 243. The zero-order valence-corrected chi connectivity index (χ0v) is 7.63. The zero-order chi connectivity index (χ0) is 12.1. The maximum absolute atomic E-state index is 11.8. The lowest BCUT2D eigenvalue weighted by Gasteiger charge is -2.15. The van der Waals surface area contributed by atoms with E-state index in [1.807, 2.05) is 0 Å². The minimum Gasteiger partial charge on any atom is -0.467 e. The topological polar surface area (TPSA) is 90.7 Å². The number of nitrogens with two attached hydrogens (primary N) is 1. The van der Waals surface area contributed by atoms with Gasteiger partial charge in [-0.15, -0.1) is 0 Å². The van der Waals surface area contributed by atoms with Crippen molar-refractivity contribution < 1.29 is 32.3 Å². The Hall–Kier alpha value is -1.35. The molecule has 0 unspecified atom stereocenters. The van der Waals surface area contributed by atoms with Crippen LogP contribution >= 0.6 is 0 Å². The summed E-state index contributed by atoms with van der Waals surface area (Å²) in [6.07, 6.45) is -5.08. The summed E-state index contributed by atoms with van der Waals surface area (Å²) in [6, 6.07) is -1.59. The van der Waals surface area contributed by atoms with Crippen molar-refractivity contribution in [3.05, 3.63) is 0 Å². The predicted octanol–water partition coefficient (Wildman–Crippen LogP) is -0.903. The molecule has 6 nitrogen and oxygen atoms in total. The van der Waals surface area contributed by atoms with Crippen LogP contribution in [0.5, 0.6) is 0 Å². The largest absolute Gasteiger partial charge is 0.471 e. The summed E-state index contributed by atoms with van der Waals surface area (Å²) in [7, 11) is 0.950. The van der Waals surface area contributed by atoms with Crippen LogP contribution in [0, 0.1) is 0 Å². The van der Waals surface area contributed by atoms with Crippen LogP contribution < -0.4 is 11.2 Å². The van der Waals surface area contributed by atoms with Crippen molar-refractivity contribution in [3.63, 3.8) is 0 Å². The van der Waals surface area contributed by atoms with Crippen molar-refractivity contribution in [1.82, 2.24) is 5.32 Å². The van der Waals surface area contributed by atoms with E-state index in [9.17, 15) is 22.8 Å². The Kier molecular flexibility index (Phi) is 5.02. The maximum atomic E-state index is 11.8. The molecule has 0 fully saturated rings. The number of ether oxygens (including phenoxy) is 1. The number of halogens is 3. The first-order chi connectivity index (χ1) is 6.82. The van der Waals surface area contributed by atoms with Crippen molar-refractivity contribution >= 4 is 11.9 Å². The quantitative estimate of drug-likeness (QED) is 0.482. The van der Waals surface area contributed by atoms with Gasteiger partial charge < -0.3 is 14.9 Å². The average Bonchev–Trinajstić information content (AvgIpc) is 2.14. The molecule has 0 aromatic heterocycles. The second-order valence-corrected chi connectivity index (χ2v) is 2.38. The van der Waals surface area contributed by atoms with Crippen molar-refractivity contribution in [1.29, 1.82) is 0 Å². The molecule has 0 aliphatic carbocycles. The smallest absolute Gasteiger partial charge is 0.467 e. The SMILES string of the molecule is COC(=O)[C@@H](CON)NC(=O)C(F)(F)F. The van der Waals surface area contributed by atoms with Crippen LogP contribution in [0.2, 0.25) is 0 Å².